The second-order valence-corrected chi connectivity index (χ2v) is 8.09. The molecule has 0 amide bonds. The minimum absolute atomic E-state index is 0.00737. The highest BCUT2D eigenvalue weighted by Gasteiger charge is 2.15. The van der Waals surface area contributed by atoms with Gasteiger partial charge >= 0.3 is 5.97 Å². The Morgan fingerprint density at radius 1 is 1.00 bits per heavy atom. The van der Waals surface area contributed by atoms with Gasteiger partial charge in [-0.05, 0) is 29.2 Å². The number of carbonyl (C=O) groups is 1. The monoisotopic (exact) mass is 378 g/mol. The molecule has 0 bridgehead atoms. The van der Waals surface area contributed by atoms with E-state index in [1.165, 1.54) is 7.11 Å². The third-order valence-corrected chi connectivity index (χ3v) is 5.54. The summed E-state index contributed by atoms with van der Waals surface area (Å²) >= 11 is 0. The molecule has 0 spiro atoms. The number of benzene rings is 2. The van der Waals surface area contributed by atoms with Crippen molar-refractivity contribution in [1.82, 2.24) is 0 Å². The summed E-state index contributed by atoms with van der Waals surface area (Å²) < 4.78 is 35.2. The van der Waals surface area contributed by atoms with Crippen LogP contribution in [0.25, 0.3) is 0 Å². The van der Waals surface area contributed by atoms with E-state index in [1.54, 1.807) is 49.6 Å². The van der Waals surface area contributed by atoms with Crippen molar-refractivity contribution in [3.05, 3.63) is 59.2 Å². The van der Waals surface area contributed by atoms with Crippen LogP contribution in [0.3, 0.4) is 0 Å². The third-order valence-electron chi connectivity index (χ3n) is 3.94. The molecule has 0 aliphatic carbocycles. The van der Waals surface area contributed by atoms with Crippen LogP contribution in [-0.2, 0) is 33.2 Å². The first-order valence-electron chi connectivity index (χ1n) is 8.04. The first kappa shape index (κ1) is 19.8. The van der Waals surface area contributed by atoms with Crippen LogP contribution >= 0.6 is 0 Å². The second-order valence-electron chi connectivity index (χ2n) is 5.91. The van der Waals surface area contributed by atoms with Gasteiger partial charge < -0.3 is 14.6 Å². The van der Waals surface area contributed by atoms with Gasteiger partial charge in [-0.2, -0.15) is 0 Å². The van der Waals surface area contributed by atoms with Crippen LogP contribution in [0.15, 0.2) is 42.5 Å². The van der Waals surface area contributed by atoms with E-state index >= 15 is 0 Å². The lowest BCUT2D eigenvalue weighted by atomic mass is 10.1. The lowest BCUT2D eigenvalue weighted by molar-refractivity contribution is -0.136. The highest BCUT2D eigenvalue weighted by atomic mass is 32.2. The average Bonchev–Trinajstić information content (AvgIpc) is 2.61. The summed E-state index contributed by atoms with van der Waals surface area (Å²) in [6.07, 6.45) is 0.261. The van der Waals surface area contributed by atoms with Crippen LogP contribution in [0, 0.1) is 0 Å². The van der Waals surface area contributed by atoms with Crippen LogP contribution < -0.4 is 9.47 Å². The minimum atomic E-state index is -3.31. The first-order valence-corrected chi connectivity index (χ1v) is 9.86. The molecule has 2 rings (SSSR count). The summed E-state index contributed by atoms with van der Waals surface area (Å²) in [5.74, 6) is 0.233. The van der Waals surface area contributed by atoms with Gasteiger partial charge in [0.2, 0.25) is 0 Å². The van der Waals surface area contributed by atoms with Crippen molar-refractivity contribution in [1.29, 1.82) is 0 Å². The van der Waals surface area contributed by atoms with Gasteiger partial charge in [-0.25, -0.2) is 8.42 Å². The van der Waals surface area contributed by atoms with Gasteiger partial charge in [0.25, 0.3) is 0 Å². The molecule has 0 saturated carbocycles. The molecule has 2 aromatic carbocycles. The van der Waals surface area contributed by atoms with Gasteiger partial charge in [-0.15, -0.1) is 0 Å². The summed E-state index contributed by atoms with van der Waals surface area (Å²) in [6.45, 7) is 0. The van der Waals surface area contributed by atoms with Crippen molar-refractivity contribution in [2.24, 2.45) is 0 Å². The Morgan fingerprint density at radius 2 is 1.65 bits per heavy atom. The number of methoxy groups -OCH3 is 2. The van der Waals surface area contributed by atoms with E-state index in [-0.39, 0.29) is 17.9 Å². The molecular weight excluding hydrogens is 356 g/mol. The number of hydrogen-bond acceptors (Lipinski definition) is 5. The topological polar surface area (TPSA) is 89.9 Å². The van der Waals surface area contributed by atoms with Crippen molar-refractivity contribution >= 4 is 15.8 Å². The van der Waals surface area contributed by atoms with E-state index < -0.39 is 15.8 Å². The molecule has 6 nitrogen and oxygen atoms in total. The molecule has 0 saturated heterocycles. The second kappa shape index (κ2) is 8.71. The number of sulfone groups is 1. The molecule has 0 heterocycles. The van der Waals surface area contributed by atoms with E-state index in [2.05, 4.69) is 0 Å². The molecule has 0 aliphatic heterocycles. The number of hydrogen-bond donors (Lipinski definition) is 1. The zero-order chi connectivity index (χ0) is 19.2. The zero-order valence-electron chi connectivity index (χ0n) is 14.8. The maximum absolute atomic E-state index is 12.4. The number of aryl methyl sites for hydroxylation is 1. The molecule has 0 radical (unpaired) electrons. The zero-order valence-corrected chi connectivity index (χ0v) is 15.6. The van der Waals surface area contributed by atoms with Crippen molar-refractivity contribution in [2.45, 2.75) is 18.6 Å². The van der Waals surface area contributed by atoms with Gasteiger partial charge in [-0.3, -0.25) is 4.79 Å². The molecule has 0 atom stereocenters. The third kappa shape index (κ3) is 5.77. The lowest BCUT2D eigenvalue weighted by Gasteiger charge is -2.11. The van der Waals surface area contributed by atoms with Gasteiger partial charge in [0.15, 0.2) is 9.84 Å². The molecule has 0 fully saturated rings. The fourth-order valence-corrected chi connectivity index (χ4v) is 3.95. The van der Waals surface area contributed by atoms with E-state index in [0.29, 0.717) is 29.0 Å². The normalized spacial score (nSPS) is 11.2. The summed E-state index contributed by atoms with van der Waals surface area (Å²) in [4.78, 5) is 10.7. The summed E-state index contributed by atoms with van der Waals surface area (Å²) in [7, 11) is -0.223. The number of aliphatic carboxylic acids is 1. The number of carboxylic acid groups (broad SMARTS) is 1. The molecular formula is C19H22O6S. The Morgan fingerprint density at radius 3 is 2.23 bits per heavy atom. The SMILES string of the molecule is COc1ccc(CCS(=O)(=O)Cc2ccc(CC(=O)O)cc2)c(OC)c1. The predicted molar refractivity (Wildman–Crippen MR) is 98.5 cm³/mol. The van der Waals surface area contributed by atoms with Gasteiger partial charge in [0.1, 0.15) is 11.5 Å². The first-order chi connectivity index (χ1) is 12.3. The molecule has 0 aromatic heterocycles. The van der Waals surface area contributed by atoms with Gasteiger partial charge in [-0.1, -0.05) is 30.3 Å². The van der Waals surface area contributed by atoms with Gasteiger partial charge in [0.05, 0.1) is 32.1 Å². The van der Waals surface area contributed by atoms with E-state index in [1.807, 2.05) is 0 Å². The lowest BCUT2D eigenvalue weighted by Crippen LogP contribution is -2.12. The molecule has 2 aromatic rings. The van der Waals surface area contributed by atoms with Crippen LogP contribution in [-0.4, -0.2) is 39.5 Å². The van der Waals surface area contributed by atoms with Crippen LogP contribution in [0.4, 0.5) is 0 Å². The summed E-state index contributed by atoms with van der Waals surface area (Å²) in [5, 5.41) is 8.76. The number of rotatable bonds is 9. The Kier molecular flexibility index (Phi) is 6.63. The maximum Gasteiger partial charge on any atom is 0.307 e. The molecule has 140 valence electrons. The Bertz CT molecular complexity index is 856. The maximum atomic E-state index is 12.4. The fraction of sp³-hybridized carbons (Fsp3) is 0.316. The van der Waals surface area contributed by atoms with Crippen molar-refractivity contribution in [3.8, 4) is 11.5 Å². The molecule has 0 aliphatic rings. The van der Waals surface area contributed by atoms with Crippen LogP contribution in [0.5, 0.6) is 11.5 Å². The molecule has 0 unspecified atom stereocenters. The highest BCUT2D eigenvalue weighted by molar-refractivity contribution is 7.90. The van der Waals surface area contributed by atoms with Crippen molar-refractivity contribution in [2.75, 3.05) is 20.0 Å². The van der Waals surface area contributed by atoms with Crippen molar-refractivity contribution < 1.29 is 27.8 Å². The number of carboxylic acids is 1. The molecule has 1 N–H and O–H groups in total. The summed E-state index contributed by atoms with van der Waals surface area (Å²) in [5.41, 5.74) is 2.08. The standard InChI is InChI=1S/C19H22O6S/c1-24-17-8-7-16(18(12-17)25-2)9-10-26(22,23)13-15-5-3-14(4-6-15)11-19(20)21/h3-8,12H,9-11,13H2,1-2H3,(H,20,21). The van der Waals surface area contributed by atoms with E-state index in [4.69, 9.17) is 14.6 Å². The predicted octanol–water partition coefficient (Wildman–Crippen LogP) is 2.49. The summed E-state index contributed by atoms with van der Waals surface area (Å²) in [6, 6.07) is 11.9. The van der Waals surface area contributed by atoms with Crippen LogP contribution in [0.1, 0.15) is 16.7 Å². The smallest absolute Gasteiger partial charge is 0.307 e. The largest absolute Gasteiger partial charge is 0.497 e. The van der Waals surface area contributed by atoms with E-state index in [0.717, 1.165) is 5.56 Å². The average molecular weight is 378 g/mol. The quantitative estimate of drug-likeness (QED) is 0.721. The molecule has 7 heteroatoms. The van der Waals surface area contributed by atoms with E-state index in [9.17, 15) is 13.2 Å². The fourth-order valence-electron chi connectivity index (χ4n) is 2.58. The van der Waals surface area contributed by atoms with Crippen LogP contribution in [0.2, 0.25) is 0 Å². The van der Waals surface area contributed by atoms with Crippen molar-refractivity contribution in [3.63, 3.8) is 0 Å². The molecule has 26 heavy (non-hydrogen) atoms. The highest BCUT2D eigenvalue weighted by Crippen LogP contribution is 2.25. The Labute approximate surface area is 153 Å². The Balaban J connectivity index is 2.02. The minimum Gasteiger partial charge on any atom is -0.497 e. The Hall–Kier alpha value is -2.54. The number of ether oxygens (including phenoxy) is 2. The van der Waals surface area contributed by atoms with Gasteiger partial charge in [0, 0.05) is 6.07 Å².